The van der Waals surface area contributed by atoms with E-state index in [9.17, 15) is 20.2 Å². The van der Waals surface area contributed by atoms with Crippen LogP contribution in [-0.2, 0) is 0 Å². The molecule has 1 aromatic rings. The molecule has 0 aliphatic heterocycles. The third kappa shape index (κ3) is 3.15. The zero-order valence-electron chi connectivity index (χ0n) is 10.2. The number of nitro groups is 2. The van der Waals surface area contributed by atoms with Crippen molar-refractivity contribution in [3.05, 3.63) is 32.5 Å². The van der Waals surface area contributed by atoms with Gasteiger partial charge in [0, 0.05) is 6.04 Å². The summed E-state index contributed by atoms with van der Waals surface area (Å²) in [4.78, 5) is 24.0. The van der Waals surface area contributed by atoms with Crippen LogP contribution in [0.25, 0.3) is 0 Å². The highest BCUT2D eigenvalue weighted by Gasteiger charge is 2.23. The van der Waals surface area contributed by atoms with Gasteiger partial charge in [0.1, 0.15) is 6.20 Å². The van der Waals surface area contributed by atoms with Gasteiger partial charge in [-0.25, -0.2) is 4.98 Å². The first-order valence-electron chi connectivity index (χ1n) is 6.13. The molecule has 0 unspecified atom stereocenters. The van der Waals surface area contributed by atoms with Crippen LogP contribution in [0, 0.1) is 20.2 Å². The van der Waals surface area contributed by atoms with Gasteiger partial charge >= 0.3 is 5.69 Å². The Hall–Kier alpha value is -2.25. The monoisotopic (exact) mass is 266 g/mol. The maximum Gasteiger partial charge on any atom is 0.318 e. The summed E-state index contributed by atoms with van der Waals surface area (Å²) >= 11 is 0. The molecule has 0 bridgehead atoms. The Bertz CT molecular complexity index is 499. The fourth-order valence-electron chi connectivity index (χ4n) is 2.23. The maximum absolute atomic E-state index is 10.9. The standard InChI is InChI=1S/C11H14N4O4/c16-14(17)9-6-10(15(18)19)11(12-7-9)13-8-4-2-1-3-5-8/h6-8H,1-5H2,(H,12,13). The van der Waals surface area contributed by atoms with E-state index in [1.54, 1.807) is 0 Å². The first-order valence-corrected chi connectivity index (χ1v) is 6.13. The first-order chi connectivity index (χ1) is 9.08. The van der Waals surface area contributed by atoms with Gasteiger partial charge in [0.15, 0.2) is 0 Å². The molecule has 1 heterocycles. The lowest BCUT2D eigenvalue weighted by atomic mass is 9.95. The summed E-state index contributed by atoms with van der Waals surface area (Å²) in [5, 5.41) is 24.6. The van der Waals surface area contributed by atoms with Crippen molar-refractivity contribution in [1.29, 1.82) is 0 Å². The van der Waals surface area contributed by atoms with Gasteiger partial charge in [0.2, 0.25) is 5.82 Å². The lowest BCUT2D eigenvalue weighted by Gasteiger charge is -2.22. The number of hydrogen-bond donors (Lipinski definition) is 1. The van der Waals surface area contributed by atoms with Gasteiger partial charge < -0.3 is 5.32 Å². The molecule has 8 nitrogen and oxygen atoms in total. The zero-order chi connectivity index (χ0) is 13.8. The average Bonchev–Trinajstić information content (AvgIpc) is 2.39. The lowest BCUT2D eigenvalue weighted by Crippen LogP contribution is -2.23. The van der Waals surface area contributed by atoms with Crippen LogP contribution in [0.5, 0.6) is 0 Å². The number of hydrogen-bond acceptors (Lipinski definition) is 6. The molecule has 0 saturated heterocycles. The molecule has 1 aromatic heterocycles. The Kier molecular flexibility index (Phi) is 3.88. The smallest absolute Gasteiger partial charge is 0.318 e. The molecular weight excluding hydrogens is 252 g/mol. The van der Waals surface area contributed by atoms with Gasteiger partial charge in [-0.3, -0.25) is 20.2 Å². The SMILES string of the molecule is O=[N+]([O-])c1cnc(NC2CCCCC2)c([N+](=O)[O-])c1. The molecule has 1 aliphatic carbocycles. The average molecular weight is 266 g/mol. The van der Waals surface area contributed by atoms with Crippen molar-refractivity contribution in [3.63, 3.8) is 0 Å². The Morgan fingerprint density at radius 1 is 1.16 bits per heavy atom. The number of aromatic nitrogens is 1. The van der Waals surface area contributed by atoms with Gasteiger partial charge in [0.25, 0.3) is 5.69 Å². The van der Waals surface area contributed by atoms with Crippen molar-refractivity contribution >= 4 is 17.2 Å². The molecule has 1 N–H and O–H groups in total. The summed E-state index contributed by atoms with van der Waals surface area (Å²) in [5.74, 6) is 0.113. The molecule has 2 rings (SSSR count). The van der Waals surface area contributed by atoms with Gasteiger partial charge in [-0.05, 0) is 12.8 Å². The number of pyridine rings is 1. The van der Waals surface area contributed by atoms with E-state index in [-0.39, 0.29) is 23.2 Å². The Morgan fingerprint density at radius 2 is 1.84 bits per heavy atom. The van der Waals surface area contributed by atoms with E-state index in [1.165, 1.54) is 6.42 Å². The molecule has 0 spiro atoms. The second kappa shape index (κ2) is 5.59. The quantitative estimate of drug-likeness (QED) is 0.662. The highest BCUT2D eigenvalue weighted by molar-refractivity contribution is 5.59. The topological polar surface area (TPSA) is 111 Å². The molecule has 0 amide bonds. The normalized spacial score (nSPS) is 16.0. The Labute approximate surface area is 109 Å². The fraction of sp³-hybridized carbons (Fsp3) is 0.545. The van der Waals surface area contributed by atoms with Crippen molar-refractivity contribution in [3.8, 4) is 0 Å². The molecule has 102 valence electrons. The van der Waals surface area contributed by atoms with Crippen LogP contribution < -0.4 is 5.32 Å². The second-order valence-electron chi connectivity index (χ2n) is 4.55. The van der Waals surface area contributed by atoms with Crippen molar-refractivity contribution in [2.75, 3.05) is 5.32 Å². The molecule has 1 aliphatic rings. The minimum atomic E-state index is -0.690. The molecule has 1 fully saturated rings. The minimum absolute atomic E-state index is 0.113. The summed E-state index contributed by atoms with van der Waals surface area (Å²) < 4.78 is 0. The zero-order valence-corrected chi connectivity index (χ0v) is 10.2. The van der Waals surface area contributed by atoms with E-state index in [1.807, 2.05) is 0 Å². The summed E-state index contributed by atoms with van der Waals surface area (Å²) in [7, 11) is 0. The minimum Gasteiger partial charge on any atom is -0.362 e. The number of nitrogens with one attached hydrogen (secondary N) is 1. The van der Waals surface area contributed by atoms with Crippen LogP contribution in [0.2, 0.25) is 0 Å². The molecule has 0 radical (unpaired) electrons. The number of rotatable bonds is 4. The second-order valence-corrected chi connectivity index (χ2v) is 4.55. The predicted octanol–water partition coefficient (Wildman–Crippen LogP) is 2.64. The largest absolute Gasteiger partial charge is 0.362 e. The van der Waals surface area contributed by atoms with E-state index in [0.717, 1.165) is 37.9 Å². The van der Waals surface area contributed by atoms with Gasteiger partial charge in [-0.2, -0.15) is 0 Å². The molecule has 0 aromatic carbocycles. The third-order valence-corrected chi connectivity index (χ3v) is 3.21. The molecule has 8 heteroatoms. The van der Waals surface area contributed by atoms with Crippen molar-refractivity contribution < 1.29 is 9.85 Å². The summed E-state index contributed by atoms with van der Waals surface area (Å²) in [6.45, 7) is 0. The molecule has 1 saturated carbocycles. The fourth-order valence-corrected chi connectivity index (χ4v) is 2.23. The van der Waals surface area contributed by atoms with Crippen molar-refractivity contribution in [2.45, 2.75) is 38.1 Å². The highest BCUT2D eigenvalue weighted by Crippen LogP contribution is 2.29. The molecular formula is C11H14N4O4. The molecule has 19 heavy (non-hydrogen) atoms. The number of anilines is 1. The number of nitrogens with zero attached hydrogens (tertiary/aromatic N) is 3. The Balaban J connectivity index is 2.23. The van der Waals surface area contributed by atoms with E-state index in [2.05, 4.69) is 10.3 Å². The Morgan fingerprint density at radius 3 is 2.42 bits per heavy atom. The van der Waals surface area contributed by atoms with Crippen LogP contribution >= 0.6 is 0 Å². The predicted molar refractivity (Wildman–Crippen MR) is 68.0 cm³/mol. The van der Waals surface area contributed by atoms with Crippen LogP contribution in [0.3, 0.4) is 0 Å². The highest BCUT2D eigenvalue weighted by atomic mass is 16.6. The van der Waals surface area contributed by atoms with Crippen LogP contribution in [0.1, 0.15) is 32.1 Å². The van der Waals surface area contributed by atoms with Gasteiger partial charge in [-0.15, -0.1) is 0 Å². The molecule has 0 atom stereocenters. The summed E-state index contributed by atoms with van der Waals surface area (Å²) in [5.41, 5.74) is -0.722. The summed E-state index contributed by atoms with van der Waals surface area (Å²) in [6, 6.07) is 1.10. The van der Waals surface area contributed by atoms with Gasteiger partial charge in [-0.1, -0.05) is 19.3 Å². The third-order valence-electron chi connectivity index (χ3n) is 3.21. The van der Waals surface area contributed by atoms with E-state index < -0.39 is 9.85 Å². The van der Waals surface area contributed by atoms with Crippen molar-refractivity contribution in [2.24, 2.45) is 0 Å². The van der Waals surface area contributed by atoms with Crippen LogP contribution in [0.15, 0.2) is 12.3 Å². The first kappa shape index (κ1) is 13.2. The van der Waals surface area contributed by atoms with Crippen LogP contribution in [0.4, 0.5) is 17.2 Å². The summed E-state index contributed by atoms with van der Waals surface area (Å²) in [6.07, 6.45) is 6.26. The van der Waals surface area contributed by atoms with Crippen LogP contribution in [-0.4, -0.2) is 20.9 Å². The maximum atomic E-state index is 10.9. The van der Waals surface area contributed by atoms with Gasteiger partial charge in [0.05, 0.1) is 15.9 Å². The van der Waals surface area contributed by atoms with E-state index >= 15 is 0 Å². The lowest BCUT2D eigenvalue weighted by molar-refractivity contribution is -0.394. The van der Waals surface area contributed by atoms with E-state index in [0.29, 0.717) is 0 Å². The van der Waals surface area contributed by atoms with E-state index in [4.69, 9.17) is 0 Å². The van der Waals surface area contributed by atoms with Crippen molar-refractivity contribution in [1.82, 2.24) is 4.98 Å².